The van der Waals surface area contributed by atoms with E-state index in [4.69, 9.17) is 0 Å². The summed E-state index contributed by atoms with van der Waals surface area (Å²) in [6, 6.07) is 6.42. The molecule has 0 saturated heterocycles. The summed E-state index contributed by atoms with van der Waals surface area (Å²) in [7, 11) is 0. The minimum absolute atomic E-state index is 0.0218. The first-order valence-corrected chi connectivity index (χ1v) is 5.81. The van der Waals surface area contributed by atoms with E-state index in [9.17, 15) is 18.8 Å². The molecular formula is C13H12FNO4. The van der Waals surface area contributed by atoms with Crippen LogP contribution in [0.2, 0.25) is 0 Å². The smallest absolute Gasteiger partial charge is 0.362 e. The van der Waals surface area contributed by atoms with Gasteiger partial charge in [0.05, 0.1) is 13.0 Å². The quantitative estimate of drug-likeness (QED) is 0.466. The molecular weight excluding hydrogens is 253 g/mol. The molecule has 1 aromatic carbocycles. The molecule has 0 bridgehead atoms. The molecule has 1 heterocycles. The Balaban J connectivity index is 2.31. The molecule has 19 heavy (non-hydrogen) atoms. The van der Waals surface area contributed by atoms with Crippen molar-refractivity contribution in [2.75, 3.05) is 6.61 Å². The second-order valence-electron chi connectivity index (χ2n) is 3.99. The number of halogens is 1. The van der Waals surface area contributed by atoms with Crippen LogP contribution in [0.1, 0.15) is 22.8 Å². The fraction of sp³-hybridized carbons (Fsp3) is 0.308. The van der Waals surface area contributed by atoms with Crippen molar-refractivity contribution in [1.29, 1.82) is 0 Å². The Morgan fingerprint density at radius 1 is 1.42 bits per heavy atom. The lowest BCUT2D eigenvalue weighted by Crippen LogP contribution is -2.50. The van der Waals surface area contributed by atoms with E-state index in [2.05, 4.69) is 4.74 Å². The zero-order valence-corrected chi connectivity index (χ0v) is 10.3. The highest BCUT2D eigenvalue weighted by molar-refractivity contribution is 6.11. The third-order valence-corrected chi connectivity index (χ3v) is 2.78. The maximum absolute atomic E-state index is 13.9. The molecule has 100 valence electrons. The predicted molar refractivity (Wildman–Crippen MR) is 62.9 cm³/mol. The van der Waals surface area contributed by atoms with Crippen molar-refractivity contribution in [3.63, 3.8) is 0 Å². The van der Waals surface area contributed by atoms with Crippen molar-refractivity contribution in [2.24, 2.45) is 0 Å². The lowest BCUT2D eigenvalue weighted by molar-refractivity contribution is -0.160. The highest BCUT2D eigenvalue weighted by Gasteiger charge is 2.40. The Kier molecular flexibility index (Phi) is 3.59. The van der Waals surface area contributed by atoms with Gasteiger partial charge in [0.1, 0.15) is 0 Å². The van der Waals surface area contributed by atoms with Crippen LogP contribution in [-0.4, -0.2) is 35.6 Å². The summed E-state index contributed by atoms with van der Waals surface area (Å²) in [5, 5.41) is 0. The number of carbonyl (C=O) groups excluding carboxylic acids is 3. The molecule has 0 aliphatic carbocycles. The van der Waals surface area contributed by atoms with Gasteiger partial charge in [-0.15, -0.1) is 0 Å². The molecule has 6 heteroatoms. The van der Waals surface area contributed by atoms with Crippen molar-refractivity contribution in [3.05, 3.63) is 35.4 Å². The highest BCUT2D eigenvalue weighted by Crippen LogP contribution is 2.22. The summed E-state index contributed by atoms with van der Waals surface area (Å²) >= 11 is 0. The zero-order valence-electron chi connectivity index (χ0n) is 10.3. The van der Waals surface area contributed by atoms with Crippen LogP contribution >= 0.6 is 0 Å². The number of rotatable bonds is 3. The average Bonchev–Trinajstić information content (AvgIpc) is 2.38. The molecule has 1 unspecified atom stereocenters. The van der Waals surface area contributed by atoms with Crippen molar-refractivity contribution in [3.8, 4) is 0 Å². The Morgan fingerprint density at radius 3 is 2.79 bits per heavy atom. The molecule has 5 nitrogen and oxygen atoms in total. The Morgan fingerprint density at radius 2 is 2.11 bits per heavy atom. The molecule has 0 aromatic heterocycles. The first kappa shape index (κ1) is 13.2. The Labute approximate surface area is 109 Å². The number of alkyl halides is 1. The summed E-state index contributed by atoms with van der Waals surface area (Å²) in [5.41, 5.74) is 0.763. The van der Waals surface area contributed by atoms with Crippen LogP contribution in [0.25, 0.3) is 0 Å². The average molecular weight is 265 g/mol. The van der Waals surface area contributed by atoms with Crippen LogP contribution in [0.4, 0.5) is 4.39 Å². The van der Waals surface area contributed by atoms with Gasteiger partial charge in [-0.1, -0.05) is 18.2 Å². The molecule has 1 aliphatic heterocycles. The van der Waals surface area contributed by atoms with Gasteiger partial charge in [0, 0.05) is 5.56 Å². The van der Waals surface area contributed by atoms with Crippen molar-refractivity contribution >= 4 is 17.8 Å². The summed E-state index contributed by atoms with van der Waals surface area (Å²) in [5.74, 6) is -2.79. The van der Waals surface area contributed by atoms with Crippen molar-refractivity contribution < 1.29 is 23.5 Å². The monoisotopic (exact) mass is 265 g/mol. The van der Waals surface area contributed by atoms with Gasteiger partial charge in [0.25, 0.3) is 12.2 Å². The molecule has 0 fully saturated rings. The van der Waals surface area contributed by atoms with Crippen molar-refractivity contribution in [2.45, 2.75) is 19.6 Å². The number of hydrogen-bond donors (Lipinski definition) is 0. The van der Waals surface area contributed by atoms with E-state index in [-0.39, 0.29) is 18.6 Å². The van der Waals surface area contributed by atoms with Crippen LogP contribution in [0.5, 0.6) is 0 Å². The topological polar surface area (TPSA) is 63.7 Å². The molecule has 1 aromatic rings. The zero-order chi connectivity index (χ0) is 14.0. The summed E-state index contributed by atoms with van der Waals surface area (Å²) in [6.07, 6.45) is -2.50. The standard InChI is InChI=1S/C13H12FNO4/c1-2-19-13(18)11(14)15-10(16)7-8-5-3-4-6-9(8)12(15)17/h3-6,11H,2,7H2,1H3. The summed E-state index contributed by atoms with van der Waals surface area (Å²) in [6.45, 7) is 1.49. The minimum Gasteiger partial charge on any atom is -0.462 e. The number of carbonyl (C=O) groups is 3. The Hall–Kier alpha value is -2.24. The summed E-state index contributed by atoms with van der Waals surface area (Å²) in [4.78, 5) is 35.4. The Bertz CT molecular complexity index is 543. The van der Waals surface area contributed by atoms with E-state index in [1.54, 1.807) is 18.2 Å². The number of hydrogen-bond acceptors (Lipinski definition) is 4. The highest BCUT2D eigenvalue weighted by atomic mass is 19.1. The molecule has 1 aliphatic rings. The third kappa shape index (κ3) is 2.33. The van der Waals surface area contributed by atoms with Crippen LogP contribution < -0.4 is 0 Å². The van der Waals surface area contributed by atoms with Gasteiger partial charge in [-0.25, -0.2) is 14.1 Å². The molecule has 2 rings (SSSR count). The second-order valence-corrected chi connectivity index (χ2v) is 3.99. The SMILES string of the molecule is CCOC(=O)C(F)N1C(=O)Cc2ccccc2C1=O. The molecule has 0 saturated carbocycles. The van der Waals surface area contributed by atoms with E-state index in [0.717, 1.165) is 0 Å². The first-order valence-electron chi connectivity index (χ1n) is 5.81. The van der Waals surface area contributed by atoms with Gasteiger partial charge in [-0.05, 0) is 18.6 Å². The number of ether oxygens (including phenoxy) is 1. The van der Waals surface area contributed by atoms with Crippen LogP contribution in [0, 0.1) is 0 Å². The van der Waals surface area contributed by atoms with Crippen LogP contribution in [0.3, 0.4) is 0 Å². The second kappa shape index (κ2) is 5.17. The van der Waals surface area contributed by atoms with E-state index in [1.807, 2.05) is 0 Å². The van der Waals surface area contributed by atoms with E-state index in [0.29, 0.717) is 10.5 Å². The van der Waals surface area contributed by atoms with Gasteiger partial charge >= 0.3 is 5.97 Å². The van der Waals surface area contributed by atoms with Gasteiger partial charge in [-0.3, -0.25) is 9.59 Å². The van der Waals surface area contributed by atoms with E-state index < -0.39 is 24.1 Å². The number of nitrogens with zero attached hydrogens (tertiary/aromatic N) is 1. The first-order chi connectivity index (χ1) is 9.06. The normalized spacial score (nSPS) is 16.0. The third-order valence-electron chi connectivity index (χ3n) is 2.78. The van der Waals surface area contributed by atoms with Gasteiger partial charge < -0.3 is 4.74 Å². The maximum Gasteiger partial charge on any atom is 0.362 e. The lowest BCUT2D eigenvalue weighted by atomic mass is 9.98. The lowest BCUT2D eigenvalue weighted by Gasteiger charge is -2.28. The van der Waals surface area contributed by atoms with E-state index in [1.165, 1.54) is 13.0 Å². The number of imide groups is 1. The maximum atomic E-state index is 13.9. The summed E-state index contributed by atoms with van der Waals surface area (Å²) < 4.78 is 18.4. The van der Waals surface area contributed by atoms with Crippen LogP contribution in [0.15, 0.2) is 24.3 Å². The molecule has 0 spiro atoms. The number of fused-ring (bicyclic) bond motifs is 1. The van der Waals surface area contributed by atoms with Gasteiger partial charge in [-0.2, -0.15) is 0 Å². The van der Waals surface area contributed by atoms with Crippen LogP contribution in [-0.2, 0) is 20.7 Å². The van der Waals surface area contributed by atoms with Gasteiger partial charge in [0.15, 0.2) is 0 Å². The fourth-order valence-corrected chi connectivity index (χ4v) is 1.92. The van der Waals surface area contributed by atoms with Crippen molar-refractivity contribution in [1.82, 2.24) is 4.90 Å². The fourth-order valence-electron chi connectivity index (χ4n) is 1.92. The number of esters is 1. The molecule has 2 amide bonds. The predicted octanol–water partition coefficient (Wildman–Crippen LogP) is 1.07. The molecule has 1 atom stereocenters. The largest absolute Gasteiger partial charge is 0.462 e. The minimum atomic E-state index is -2.40. The number of amides is 2. The van der Waals surface area contributed by atoms with Gasteiger partial charge in [0.2, 0.25) is 5.91 Å². The van der Waals surface area contributed by atoms with E-state index >= 15 is 0 Å². The molecule has 0 N–H and O–H groups in total. The molecule has 0 radical (unpaired) electrons. The number of benzene rings is 1.